The molecule has 1 aromatic rings. The van der Waals surface area contributed by atoms with Crippen LogP contribution in [0, 0.1) is 10.1 Å². The van der Waals surface area contributed by atoms with Gasteiger partial charge in [-0.15, -0.1) is 30.6 Å². The summed E-state index contributed by atoms with van der Waals surface area (Å²) in [5.41, 5.74) is 1.01. The van der Waals surface area contributed by atoms with Gasteiger partial charge in [-0.05, 0) is 12.0 Å². The normalized spacial score (nSPS) is 10.4. The molecule has 0 aliphatic heterocycles. The SMILES string of the molecule is C=CCNC(=NCc1ccc([N+](=O)[O-])cc1)NCCC.I. The number of hydrogen-bond donors (Lipinski definition) is 2. The molecule has 2 N–H and O–H groups in total. The molecule has 0 radical (unpaired) electrons. The lowest BCUT2D eigenvalue weighted by molar-refractivity contribution is -0.384. The molecular weight excluding hydrogens is 383 g/mol. The van der Waals surface area contributed by atoms with E-state index in [0.29, 0.717) is 19.0 Å². The van der Waals surface area contributed by atoms with E-state index < -0.39 is 4.92 Å². The Kier molecular flexibility index (Phi) is 10.2. The summed E-state index contributed by atoms with van der Waals surface area (Å²) in [6, 6.07) is 6.40. The van der Waals surface area contributed by atoms with E-state index in [9.17, 15) is 10.1 Å². The largest absolute Gasteiger partial charge is 0.356 e. The molecule has 1 rings (SSSR count). The average Bonchev–Trinajstić information content (AvgIpc) is 2.47. The van der Waals surface area contributed by atoms with Gasteiger partial charge in [0, 0.05) is 25.2 Å². The standard InChI is InChI=1S/C14H20N4O2.HI/c1-3-9-15-14(16-10-4-2)17-11-12-5-7-13(8-6-12)18(19)20;/h3,5-8H,1,4,9-11H2,2H3,(H2,15,16,17);1H. The number of nitrogens with zero attached hydrogens (tertiary/aromatic N) is 2. The van der Waals surface area contributed by atoms with Crippen LogP contribution in [-0.4, -0.2) is 24.0 Å². The van der Waals surface area contributed by atoms with Crippen LogP contribution in [0.4, 0.5) is 5.69 Å². The van der Waals surface area contributed by atoms with E-state index >= 15 is 0 Å². The van der Waals surface area contributed by atoms with Crippen LogP contribution in [0.15, 0.2) is 41.9 Å². The van der Waals surface area contributed by atoms with Crippen molar-refractivity contribution in [3.05, 3.63) is 52.6 Å². The number of nitro benzene ring substituents is 1. The Balaban J connectivity index is 0.00000400. The molecule has 0 aromatic heterocycles. The van der Waals surface area contributed by atoms with E-state index in [4.69, 9.17) is 0 Å². The third kappa shape index (κ3) is 7.64. The maximum atomic E-state index is 10.6. The fourth-order valence-corrected chi connectivity index (χ4v) is 1.48. The Morgan fingerprint density at radius 3 is 2.57 bits per heavy atom. The molecule has 0 aliphatic carbocycles. The molecule has 0 spiro atoms. The smallest absolute Gasteiger partial charge is 0.269 e. The van der Waals surface area contributed by atoms with Crippen LogP contribution in [-0.2, 0) is 6.54 Å². The van der Waals surface area contributed by atoms with Gasteiger partial charge in [-0.1, -0.05) is 25.1 Å². The van der Waals surface area contributed by atoms with E-state index in [2.05, 4.69) is 29.1 Å². The van der Waals surface area contributed by atoms with Crippen molar-refractivity contribution in [2.24, 2.45) is 4.99 Å². The highest BCUT2D eigenvalue weighted by Crippen LogP contribution is 2.12. The van der Waals surface area contributed by atoms with E-state index in [1.165, 1.54) is 12.1 Å². The topological polar surface area (TPSA) is 79.6 Å². The van der Waals surface area contributed by atoms with E-state index in [1.807, 2.05) is 0 Å². The van der Waals surface area contributed by atoms with Crippen LogP contribution >= 0.6 is 24.0 Å². The highest BCUT2D eigenvalue weighted by Gasteiger charge is 2.03. The molecule has 0 bridgehead atoms. The minimum atomic E-state index is -0.410. The average molecular weight is 404 g/mol. The summed E-state index contributed by atoms with van der Waals surface area (Å²) in [7, 11) is 0. The summed E-state index contributed by atoms with van der Waals surface area (Å²) >= 11 is 0. The summed E-state index contributed by atoms with van der Waals surface area (Å²) in [4.78, 5) is 14.6. The zero-order valence-electron chi connectivity index (χ0n) is 12.0. The van der Waals surface area contributed by atoms with Gasteiger partial charge in [0.15, 0.2) is 5.96 Å². The summed E-state index contributed by atoms with van der Waals surface area (Å²) in [6.45, 7) is 7.66. The fourth-order valence-electron chi connectivity index (χ4n) is 1.48. The molecule has 0 atom stereocenters. The minimum Gasteiger partial charge on any atom is -0.356 e. The second-order valence-corrected chi connectivity index (χ2v) is 4.18. The number of hydrogen-bond acceptors (Lipinski definition) is 3. The third-order valence-corrected chi connectivity index (χ3v) is 2.52. The Labute approximate surface area is 141 Å². The molecule has 6 nitrogen and oxygen atoms in total. The van der Waals surface area contributed by atoms with E-state index in [0.717, 1.165) is 18.5 Å². The highest BCUT2D eigenvalue weighted by molar-refractivity contribution is 14.0. The summed E-state index contributed by atoms with van der Waals surface area (Å²) in [6.07, 6.45) is 2.77. The van der Waals surface area contributed by atoms with Crippen molar-refractivity contribution < 1.29 is 4.92 Å². The van der Waals surface area contributed by atoms with Crippen molar-refractivity contribution in [3.63, 3.8) is 0 Å². The monoisotopic (exact) mass is 404 g/mol. The molecule has 0 unspecified atom stereocenters. The van der Waals surface area contributed by atoms with Gasteiger partial charge in [0.05, 0.1) is 11.5 Å². The molecule has 116 valence electrons. The molecule has 0 fully saturated rings. The molecule has 1 aromatic carbocycles. The lowest BCUT2D eigenvalue weighted by Gasteiger charge is -2.10. The maximum Gasteiger partial charge on any atom is 0.269 e. The van der Waals surface area contributed by atoms with Crippen LogP contribution in [0.3, 0.4) is 0 Å². The van der Waals surface area contributed by atoms with Crippen LogP contribution < -0.4 is 10.6 Å². The fraction of sp³-hybridized carbons (Fsp3) is 0.357. The summed E-state index contributed by atoms with van der Waals surface area (Å²) in [5.74, 6) is 0.713. The van der Waals surface area contributed by atoms with Gasteiger partial charge in [0.25, 0.3) is 5.69 Å². The summed E-state index contributed by atoms with van der Waals surface area (Å²) in [5, 5.41) is 16.9. The van der Waals surface area contributed by atoms with E-state index in [1.54, 1.807) is 18.2 Å². The number of rotatable bonds is 7. The number of aliphatic imine (C=N–C) groups is 1. The first-order valence-corrected chi connectivity index (χ1v) is 6.53. The van der Waals surface area contributed by atoms with E-state index in [-0.39, 0.29) is 29.7 Å². The predicted molar refractivity (Wildman–Crippen MR) is 96.1 cm³/mol. The predicted octanol–water partition coefficient (Wildman–Crippen LogP) is 2.84. The third-order valence-electron chi connectivity index (χ3n) is 2.52. The van der Waals surface area contributed by atoms with Gasteiger partial charge < -0.3 is 10.6 Å². The summed E-state index contributed by atoms with van der Waals surface area (Å²) < 4.78 is 0. The number of benzene rings is 1. The second kappa shape index (κ2) is 11.1. The number of non-ortho nitro benzene ring substituents is 1. The first-order valence-electron chi connectivity index (χ1n) is 6.53. The van der Waals surface area contributed by atoms with Crippen molar-refractivity contribution >= 4 is 35.6 Å². The van der Waals surface area contributed by atoms with Gasteiger partial charge in [0.2, 0.25) is 0 Å². The maximum absolute atomic E-state index is 10.6. The Morgan fingerprint density at radius 2 is 2.05 bits per heavy atom. The van der Waals surface area contributed by atoms with Crippen molar-refractivity contribution in [3.8, 4) is 0 Å². The van der Waals surface area contributed by atoms with Gasteiger partial charge in [-0.2, -0.15) is 0 Å². The van der Waals surface area contributed by atoms with Crippen LogP contribution in [0.1, 0.15) is 18.9 Å². The van der Waals surface area contributed by atoms with Gasteiger partial charge >= 0.3 is 0 Å². The number of nitro groups is 1. The van der Waals surface area contributed by atoms with Crippen LogP contribution in [0.2, 0.25) is 0 Å². The Bertz CT molecular complexity index is 474. The van der Waals surface area contributed by atoms with Gasteiger partial charge in [0.1, 0.15) is 0 Å². The number of halogens is 1. The highest BCUT2D eigenvalue weighted by atomic mass is 127. The van der Waals surface area contributed by atoms with Crippen LogP contribution in [0.5, 0.6) is 0 Å². The molecule has 21 heavy (non-hydrogen) atoms. The molecule has 0 heterocycles. The number of guanidine groups is 1. The van der Waals surface area contributed by atoms with Crippen molar-refractivity contribution in [1.82, 2.24) is 10.6 Å². The molecule has 0 amide bonds. The van der Waals surface area contributed by atoms with Crippen molar-refractivity contribution in [1.29, 1.82) is 0 Å². The first kappa shape index (κ1) is 19.4. The lowest BCUT2D eigenvalue weighted by atomic mass is 10.2. The van der Waals surface area contributed by atoms with Gasteiger partial charge in [-0.25, -0.2) is 4.99 Å². The van der Waals surface area contributed by atoms with Crippen molar-refractivity contribution in [2.45, 2.75) is 19.9 Å². The Morgan fingerprint density at radius 1 is 1.38 bits per heavy atom. The zero-order valence-corrected chi connectivity index (χ0v) is 14.4. The molecule has 0 saturated carbocycles. The van der Waals surface area contributed by atoms with Crippen LogP contribution in [0.25, 0.3) is 0 Å². The lowest BCUT2D eigenvalue weighted by Crippen LogP contribution is -2.37. The number of nitrogens with one attached hydrogen (secondary N) is 2. The van der Waals surface area contributed by atoms with Crippen molar-refractivity contribution in [2.75, 3.05) is 13.1 Å². The Hall–Kier alpha value is -1.64. The second-order valence-electron chi connectivity index (χ2n) is 4.18. The molecule has 0 saturated heterocycles. The molecular formula is C14H21IN4O2. The minimum absolute atomic E-state index is 0. The molecule has 7 heteroatoms. The first-order chi connectivity index (χ1) is 9.67. The van der Waals surface area contributed by atoms with Gasteiger partial charge in [-0.3, -0.25) is 10.1 Å². The molecule has 0 aliphatic rings. The zero-order chi connectivity index (χ0) is 14.8. The quantitative estimate of drug-likeness (QED) is 0.183.